The average Bonchev–Trinajstić information content (AvgIpc) is 3.32. The van der Waals surface area contributed by atoms with Crippen molar-refractivity contribution >= 4 is 40.2 Å². The van der Waals surface area contributed by atoms with Crippen molar-refractivity contribution in [3.05, 3.63) is 57.9 Å². The van der Waals surface area contributed by atoms with Gasteiger partial charge in [-0.15, -0.1) is 22.7 Å². The van der Waals surface area contributed by atoms with Crippen LogP contribution in [0.25, 0.3) is 9.88 Å². The number of aromatic nitrogens is 1. The molecule has 5 nitrogen and oxygen atoms in total. The number of amides is 2. The van der Waals surface area contributed by atoms with Crippen molar-refractivity contribution < 1.29 is 9.59 Å². The van der Waals surface area contributed by atoms with Gasteiger partial charge in [-0.2, -0.15) is 0 Å². The Kier molecular flexibility index (Phi) is 6.03. The molecule has 0 fully saturated rings. The minimum Gasteiger partial charge on any atom is -0.339 e. The first-order valence-electron chi connectivity index (χ1n) is 8.75. The van der Waals surface area contributed by atoms with E-state index in [0.29, 0.717) is 34.9 Å². The van der Waals surface area contributed by atoms with E-state index < -0.39 is 0 Å². The van der Waals surface area contributed by atoms with Crippen LogP contribution >= 0.6 is 22.7 Å². The van der Waals surface area contributed by atoms with E-state index in [4.69, 9.17) is 0 Å². The van der Waals surface area contributed by atoms with Gasteiger partial charge in [-0.05, 0) is 56.5 Å². The van der Waals surface area contributed by atoms with Crippen LogP contribution in [0.5, 0.6) is 0 Å². The van der Waals surface area contributed by atoms with E-state index in [1.54, 1.807) is 40.5 Å². The average molecular weight is 400 g/mol. The number of rotatable bonds is 6. The SMILES string of the molecule is CCN(CC)C(=O)c1ccc(NC(=O)c2sc(-c3cccs3)nc2C)cc1. The molecule has 1 aromatic carbocycles. The summed E-state index contributed by atoms with van der Waals surface area (Å²) < 4.78 is 0. The summed E-state index contributed by atoms with van der Waals surface area (Å²) in [5, 5.41) is 5.74. The van der Waals surface area contributed by atoms with Gasteiger partial charge in [-0.25, -0.2) is 4.98 Å². The Morgan fingerprint density at radius 1 is 1.11 bits per heavy atom. The second-order valence-corrected chi connectivity index (χ2v) is 7.87. The Morgan fingerprint density at radius 3 is 2.41 bits per heavy atom. The van der Waals surface area contributed by atoms with Crippen LogP contribution < -0.4 is 5.32 Å². The molecule has 0 aliphatic rings. The highest BCUT2D eigenvalue weighted by atomic mass is 32.1. The molecule has 3 rings (SSSR count). The topological polar surface area (TPSA) is 62.3 Å². The largest absolute Gasteiger partial charge is 0.339 e. The molecule has 7 heteroatoms. The third kappa shape index (κ3) is 4.26. The first-order chi connectivity index (χ1) is 13.0. The summed E-state index contributed by atoms with van der Waals surface area (Å²) in [5.41, 5.74) is 1.99. The summed E-state index contributed by atoms with van der Waals surface area (Å²) in [6, 6.07) is 11.0. The Morgan fingerprint density at radius 2 is 1.81 bits per heavy atom. The number of benzene rings is 1. The molecule has 0 radical (unpaired) electrons. The van der Waals surface area contributed by atoms with Crippen LogP contribution in [-0.2, 0) is 0 Å². The van der Waals surface area contributed by atoms with Gasteiger partial charge in [0.15, 0.2) is 0 Å². The van der Waals surface area contributed by atoms with Crippen molar-refractivity contribution in [1.82, 2.24) is 9.88 Å². The number of carbonyl (C=O) groups is 2. The summed E-state index contributed by atoms with van der Waals surface area (Å²) in [4.78, 5) is 32.9. The maximum atomic E-state index is 12.6. The molecule has 0 aliphatic carbocycles. The quantitative estimate of drug-likeness (QED) is 0.640. The van der Waals surface area contributed by atoms with Gasteiger partial charge in [-0.3, -0.25) is 9.59 Å². The molecular formula is C20H21N3O2S2. The smallest absolute Gasteiger partial charge is 0.267 e. The Labute approximate surface area is 166 Å². The minimum absolute atomic E-state index is 0.00299. The van der Waals surface area contributed by atoms with Crippen molar-refractivity contribution in [3.63, 3.8) is 0 Å². The predicted octanol–water partition coefficient (Wildman–Crippen LogP) is 4.91. The lowest BCUT2D eigenvalue weighted by Crippen LogP contribution is -2.30. The van der Waals surface area contributed by atoms with E-state index in [-0.39, 0.29) is 11.8 Å². The van der Waals surface area contributed by atoms with Gasteiger partial charge in [0.1, 0.15) is 9.88 Å². The molecule has 1 N–H and O–H groups in total. The number of anilines is 1. The number of carbonyl (C=O) groups excluding carboxylic acids is 2. The minimum atomic E-state index is -0.185. The van der Waals surface area contributed by atoms with Crippen molar-refractivity contribution in [3.8, 4) is 9.88 Å². The van der Waals surface area contributed by atoms with Crippen LogP contribution in [0.2, 0.25) is 0 Å². The molecule has 0 saturated carbocycles. The number of nitrogens with one attached hydrogen (secondary N) is 1. The van der Waals surface area contributed by atoms with Gasteiger partial charge in [0.25, 0.3) is 11.8 Å². The monoisotopic (exact) mass is 399 g/mol. The van der Waals surface area contributed by atoms with Gasteiger partial charge in [0.05, 0.1) is 10.6 Å². The Bertz CT molecular complexity index is 927. The van der Waals surface area contributed by atoms with Gasteiger partial charge in [0.2, 0.25) is 0 Å². The molecule has 2 amide bonds. The molecule has 2 aromatic heterocycles. The Balaban J connectivity index is 1.72. The summed E-state index contributed by atoms with van der Waals surface area (Å²) in [7, 11) is 0. The maximum Gasteiger partial charge on any atom is 0.267 e. The molecular weight excluding hydrogens is 378 g/mol. The molecule has 3 aromatic rings. The predicted molar refractivity (Wildman–Crippen MR) is 112 cm³/mol. The fourth-order valence-electron chi connectivity index (χ4n) is 2.69. The lowest BCUT2D eigenvalue weighted by Gasteiger charge is -2.18. The van der Waals surface area contributed by atoms with Crippen molar-refractivity contribution in [2.75, 3.05) is 18.4 Å². The molecule has 27 heavy (non-hydrogen) atoms. The van der Waals surface area contributed by atoms with E-state index in [9.17, 15) is 9.59 Å². The standard InChI is InChI=1S/C20H21N3O2S2/c1-4-23(5-2)20(25)14-8-10-15(11-9-14)22-18(24)17-13(3)21-19(27-17)16-7-6-12-26-16/h6-12H,4-5H2,1-3H3,(H,22,24). The van der Waals surface area contributed by atoms with Crippen LogP contribution in [-0.4, -0.2) is 34.8 Å². The zero-order valence-corrected chi connectivity index (χ0v) is 17.1. The summed E-state index contributed by atoms with van der Waals surface area (Å²) in [6.07, 6.45) is 0. The third-order valence-electron chi connectivity index (χ3n) is 4.18. The highest BCUT2D eigenvalue weighted by Gasteiger charge is 2.17. The van der Waals surface area contributed by atoms with E-state index in [1.165, 1.54) is 11.3 Å². The molecule has 0 atom stereocenters. The van der Waals surface area contributed by atoms with E-state index in [1.807, 2.05) is 38.3 Å². The van der Waals surface area contributed by atoms with Crippen LogP contribution in [0.1, 0.15) is 39.6 Å². The molecule has 0 saturated heterocycles. The van der Waals surface area contributed by atoms with Gasteiger partial charge < -0.3 is 10.2 Å². The lowest BCUT2D eigenvalue weighted by atomic mass is 10.1. The zero-order chi connectivity index (χ0) is 19.4. The Hall–Kier alpha value is -2.51. The second-order valence-electron chi connectivity index (χ2n) is 5.92. The highest BCUT2D eigenvalue weighted by molar-refractivity contribution is 7.22. The second kappa shape index (κ2) is 8.45. The van der Waals surface area contributed by atoms with E-state index in [0.717, 1.165) is 9.88 Å². The fourth-order valence-corrected chi connectivity index (χ4v) is 4.45. The summed E-state index contributed by atoms with van der Waals surface area (Å²) in [5.74, 6) is -0.188. The van der Waals surface area contributed by atoms with Crippen molar-refractivity contribution in [2.24, 2.45) is 0 Å². The molecule has 2 heterocycles. The van der Waals surface area contributed by atoms with Gasteiger partial charge in [0, 0.05) is 24.3 Å². The number of thiophene rings is 1. The fraction of sp³-hybridized carbons (Fsp3) is 0.250. The van der Waals surface area contributed by atoms with Gasteiger partial charge >= 0.3 is 0 Å². The highest BCUT2D eigenvalue weighted by Crippen LogP contribution is 2.31. The van der Waals surface area contributed by atoms with E-state index in [2.05, 4.69) is 10.3 Å². The lowest BCUT2D eigenvalue weighted by molar-refractivity contribution is 0.0773. The zero-order valence-electron chi connectivity index (χ0n) is 15.5. The first kappa shape index (κ1) is 19.3. The van der Waals surface area contributed by atoms with Crippen molar-refractivity contribution in [2.45, 2.75) is 20.8 Å². The number of hydrogen-bond acceptors (Lipinski definition) is 5. The number of aryl methyl sites for hydroxylation is 1. The maximum absolute atomic E-state index is 12.6. The molecule has 0 bridgehead atoms. The summed E-state index contributed by atoms with van der Waals surface area (Å²) in [6.45, 7) is 7.10. The van der Waals surface area contributed by atoms with Crippen LogP contribution in [0, 0.1) is 6.92 Å². The third-order valence-corrected chi connectivity index (χ3v) is 6.37. The first-order valence-corrected chi connectivity index (χ1v) is 10.4. The van der Waals surface area contributed by atoms with Crippen LogP contribution in [0.3, 0.4) is 0 Å². The molecule has 0 spiro atoms. The number of hydrogen-bond donors (Lipinski definition) is 1. The molecule has 0 unspecified atom stereocenters. The van der Waals surface area contributed by atoms with Gasteiger partial charge in [-0.1, -0.05) is 6.07 Å². The van der Waals surface area contributed by atoms with Crippen molar-refractivity contribution in [1.29, 1.82) is 0 Å². The summed E-state index contributed by atoms with van der Waals surface area (Å²) >= 11 is 2.99. The van der Waals surface area contributed by atoms with E-state index >= 15 is 0 Å². The number of nitrogens with zero attached hydrogens (tertiary/aromatic N) is 2. The molecule has 140 valence electrons. The van der Waals surface area contributed by atoms with Crippen LogP contribution in [0.15, 0.2) is 41.8 Å². The normalized spacial score (nSPS) is 10.6. The molecule has 0 aliphatic heterocycles. The number of thiazole rings is 1. The van der Waals surface area contributed by atoms with Crippen LogP contribution in [0.4, 0.5) is 5.69 Å².